The number of rotatable bonds is 4. The van der Waals surface area contributed by atoms with Crippen LogP contribution >= 0.6 is 11.6 Å². The molecule has 0 aromatic heterocycles. The first-order valence-electron chi connectivity index (χ1n) is 5.64. The minimum absolute atomic E-state index is 0.0715. The Balaban J connectivity index is 2.65. The summed E-state index contributed by atoms with van der Waals surface area (Å²) in [5.41, 5.74) is 4.06. The first-order valence-corrected chi connectivity index (χ1v) is 6.18. The molecule has 0 heterocycles. The van der Waals surface area contributed by atoms with Crippen LogP contribution in [0, 0.1) is 20.8 Å². The molecule has 0 bridgehead atoms. The molecule has 0 aliphatic rings. The van der Waals surface area contributed by atoms with Crippen molar-refractivity contribution in [3.63, 3.8) is 0 Å². The summed E-state index contributed by atoms with van der Waals surface area (Å²) in [5.74, 6) is -0.765. The van der Waals surface area contributed by atoms with Crippen molar-refractivity contribution in [1.82, 2.24) is 5.32 Å². The lowest BCUT2D eigenvalue weighted by atomic mass is 10.0. The maximum atomic E-state index is 11.6. The summed E-state index contributed by atoms with van der Waals surface area (Å²) >= 11 is 5.32. The number of halogens is 1. The molecule has 0 aliphatic carbocycles. The van der Waals surface area contributed by atoms with Gasteiger partial charge in [0.25, 0.3) is 0 Å². The molecule has 1 aromatic carbocycles. The number of carbonyl (C=O) groups excluding carboxylic acids is 2. The topological polar surface area (TPSA) is 58.2 Å². The molecular formula is C13H17ClN2O2. The largest absolute Gasteiger partial charge is 0.346 e. The molecule has 0 atom stereocenters. The van der Waals surface area contributed by atoms with E-state index in [1.165, 1.54) is 5.56 Å². The zero-order chi connectivity index (χ0) is 13.7. The van der Waals surface area contributed by atoms with Gasteiger partial charge in [-0.1, -0.05) is 6.07 Å². The molecule has 2 N–H and O–H groups in total. The van der Waals surface area contributed by atoms with Gasteiger partial charge in [-0.15, -0.1) is 11.6 Å². The Morgan fingerprint density at radius 2 is 1.67 bits per heavy atom. The molecule has 1 rings (SSSR count). The Hall–Kier alpha value is -1.55. The summed E-state index contributed by atoms with van der Waals surface area (Å²) in [4.78, 5) is 22.5. The molecular weight excluding hydrogens is 252 g/mol. The van der Waals surface area contributed by atoms with Crippen molar-refractivity contribution < 1.29 is 9.59 Å². The molecule has 98 valence electrons. The number of hydrogen-bond acceptors (Lipinski definition) is 2. The van der Waals surface area contributed by atoms with E-state index in [1.54, 1.807) is 0 Å². The fourth-order valence-corrected chi connectivity index (χ4v) is 1.61. The highest BCUT2D eigenvalue weighted by molar-refractivity contribution is 6.27. The van der Waals surface area contributed by atoms with Crippen LogP contribution in [-0.4, -0.2) is 24.2 Å². The molecule has 5 heteroatoms. The van der Waals surface area contributed by atoms with Crippen molar-refractivity contribution in [3.05, 3.63) is 28.8 Å². The van der Waals surface area contributed by atoms with Gasteiger partial charge in [0.15, 0.2) is 0 Å². The molecule has 0 radical (unpaired) electrons. The number of alkyl halides is 1. The van der Waals surface area contributed by atoms with Gasteiger partial charge in [0.2, 0.25) is 11.8 Å². The quantitative estimate of drug-likeness (QED) is 0.820. The van der Waals surface area contributed by atoms with Gasteiger partial charge in [-0.25, -0.2) is 0 Å². The standard InChI is InChI=1S/C13H17ClN2O2/c1-8-4-10(3)11(5-9(8)2)16-13(18)7-15-12(17)6-14/h4-5H,6-7H2,1-3H3,(H,15,17)(H,16,18). The van der Waals surface area contributed by atoms with Crippen molar-refractivity contribution in [2.75, 3.05) is 17.7 Å². The van der Waals surface area contributed by atoms with E-state index in [-0.39, 0.29) is 24.2 Å². The molecule has 0 saturated heterocycles. The first kappa shape index (κ1) is 14.5. The van der Waals surface area contributed by atoms with E-state index in [2.05, 4.69) is 10.6 Å². The molecule has 18 heavy (non-hydrogen) atoms. The van der Waals surface area contributed by atoms with Gasteiger partial charge in [0, 0.05) is 5.69 Å². The number of nitrogens with one attached hydrogen (secondary N) is 2. The molecule has 4 nitrogen and oxygen atoms in total. The van der Waals surface area contributed by atoms with Crippen molar-refractivity contribution in [2.24, 2.45) is 0 Å². The monoisotopic (exact) mass is 268 g/mol. The Bertz CT molecular complexity index is 472. The molecule has 1 aromatic rings. The Labute approximate surface area is 112 Å². The van der Waals surface area contributed by atoms with Crippen molar-refractivity contribution in [3.8, 4) is 0 Å². The SMILES string of the molecule is Cc1cc(C)c(NC(=O)CNC(=O)CCl)cc1C. The van der Waals surface area contributed by atoms with Crippen LogP contribution in [0.1, 0.15) is 16.7 Å². The van der Waals surface area contributed by atoms with Gasteiger partial charge in [-0.3, -0.25) is 9.59 Å². The highest BCUT2D eigenvalue weighted by Crippen LogP contribution is 2.19. The predicted molar refractivity (Wildman–Crippen MR) is 73.0 cm³/mol. The summed E-state index contributed by atoms with van der Waals surface area (Å²) in [5, 5.41) is 5.18. The third-order valence-electron chi connectivity index (χ3n) is 2.68. The van der Waals surface area contributed by atoms with Crippen LogP contribution in [0.3, 0.4) is 0 Å². The van der Waals surface area contributed by atoms with Crippen molar-refractivity contribution in [2.45, 2.75) is 20.8 Å². The molecule has 0 unspecified atom stereocenters. The smallest absolute Gasteiger partial charge is 0.243 e. The number of amides is 2. The van der Waals surface area contributed by atoms with Gasteiger partial charge in [-0.2, -0.15) is 0 Å². The number of benzene rings is 1. The lowest BCUT2D eigenvalue weighted by Crippen LogP contribution is -2.33. The average molecular weight is 269 g/mol. The number of anilines is 1. The van der Waals surface area contributed by atoms with Gasteiger partial charge >= 0.3 is 0 Å². The molecule has 0 saturated carbocycles. The summed E-state index contributed by atoms with van der Waals surface area (Å²) in [6.45, 7) is 5.87. The summed E-state index contributed by atoms with van der Waals surface area (Å²) in [6, 6.07) is 3.94. The maximum absolute atomic E-state index is 11.6. The van der Waals surface area contributed by atoms with Gasteiger partial charge < -0.3 is 10.6 Å². The Morgan fingerprint density at radius 3 is 2.28 bits per heavy atom. The van der Waals surface area contributed by atoms with Crippen LogP contribution < -0.4 is 10.6 Å². The highest BCUT2D eigenvalue weighted by Gasteiger charge is 2.07. The second-order valence-electron chi connectivity index (χ2n) is 4.21. The van der Waals surface area contributed by atoms with E-state index in [4.69, 9.17) is 11.6 Å². The van der Waals surface area contributed by atoms with Crippen LogP contribution in [0.25, 0.3) is 0 Å². The average Bonchev–Trinajstić information content (AvgIpc) is 2.33. The molecule has 0 fully saturated rings. The van der Waals surface area contributed by atoms with Gasteiger partial charge in [-0.05, 0) is 43.5 Å². The number of aryl methyl sites for hydroxylation is 3. The Morgan fingerprint density at radius 1 is 1.06 bits per heavy atom. The Kier molecular flexibility index (Phi) is 5.16. The van der Waals surface area contributed by atoms with Crippen LogP contribution in [0.2, 0.25) is 0 Å². The number of carbonyl (C=O) groups is 2. The van der Waals surface area contributed by atoms with Gasteiger partial charge in [0.05, 0.1) is 6.54 Å². The minimum atomic E-state index is -0.358. The maximum Gasteiger partial charge on any atom is 0.243 e. The van der Waals surface area contributed by atoms with E-state index in [0.717, 1.165) is 16.8 Å². The second-order valence-corrected chi connectivity index (χ2v) is 4.48. The lowest BCUT2D eigenvalue weighted by molar-refractivity contribution is -0.122. The number of hydrogen-bond donors (Lipinski definition) is 2. The van der Waals surface area contributed by atoms with Gasteiger partial charge in [0.1, 0.15) is 5.88 Å². The van der Waals surface area contributed by atoms with E-state index in [0.29, 0.717) is 0 Å². The van der Waals surface area contributed by atoms with Crippen LogP contribution in [0.15, 0.2) is 12.1 Å². The summed E-state index contributed by atoms with van der Waals surface area (Å²) in [6.07, 6.45) is 0. The van der Waals surface area contributed by atoms with Crippen LogP contribution in [0.4, 0.5) is 5.69 Å². The lowest BCUT2D eigenvalue weighted by Gasteiger charge is -2.11. The fraction of sp³-hybridized carbons (Fsp3) is 0.385. The van der Waals surface area contributed by atoms with E-state index >= 15 is 0 Å². The van der Waals surface area contributed by atoms with E-state index in [9.17, 15) is 9.59 Å². The van der Waals surface area contributed by atoms with Crippen molar-refractivity contribution in [1.29, 1.82) is 0 Å². The van der Waals surface area contributed by atoms with Crippen molar-refractivity contribution >= 4 is 29.1 Å². The zero-order valence-electron chi connectivity index (χ0n) is 10.8. The van der Waals surface area contributed by atoms with E-state index < -0.39 is 0 Å². The third kappa shape index (κ3) is 4.04. The van der Waals surface area contributed by atoms with Crippen LogP contribution in [-0.2, 0) is 9.59 Å². The molecule has 0 spiro atoms. The minimum Gasteiger partial charge on any atom is -0.346 e. The zero-order valence-corrected chi connectivity index (χ0v) is 11.5. The highest BCUT2D eigenvalue weighted by atomic mass is 35.5. The predicted octanol–water partition coefficient (Wildman–Crippen LogP) is 1.91. The molecule has 2 amide bonds. The normalized spacial score (nSPS) is 10.0. The van der Waals surface area contributed by atoms with Crippen LogP contribution in [0.5, 0.6) is 0 Å². The van der Waals surface area contributed by atoms with E-state index in [1.807, 2.05) is 32.9 Å². The first-order chi connectivity index (χ1) is 8.43. The second kappa shape index (κ2) is 6.40. The third-order valence-corrected chi connectivity index (χ3v) is 2.93. The summed E-state index contributed by atoms with van der Waals surface area (Å²) in [7, 11) is 0. The fourth-order valence-electron chi connectivity index (χ4n) is 1.52. The molecule has 0 aliphatic heterocycles. The summed E-state index contributed by atoms with van der Waals surface area (Å²) < 4.78 is 0.